The van der Waals surface area contributed by atoms with Crippen molar-refractivity contribution in [3.05, 3.63) is 60.9 Å². The Balaban J connectivity index is 2.02. The fourth-order valence-electron chi connectivity index (χ4n) is 2.75. The Morgan fingerprint density at radius 3 is 1.13 bits per heavy atom. The highest BCUT2D eigenvalue weighted by Crippen LogP contribution is 2.30. The Kier molecular flexibility index (Phi) is 6.04. The summed E-state index contributed by atoms with van der Waals surface area (Å²) in [5, 5.41) is 0. The van der Waals surface area contributed by atoms with E-state index in [9.17, 15) is 16.8 Å². The SMILES string of the molecule is CN(C)S(=O)(=O)c1ccc(-c2nccnc2-c2ccc(S(=O)(=O)N(C)C)cc2)cc1. The van der Waals surface area contributed by atoms with Crippen molar-refractivity contribution in [3.8, 4) is 22.5 Å². The van der Waals surface area contributed by atoms with Gasteiger partial charge in [-0.1, -0.05) is 24.3 Å². The Morgan fingerprint density at radius 1 is 0.567 bits per heavy atom. The molecule has 0 aliphatic heterocycles. The molecule has 3 rings (SSSR count). The van der Waals surface area contributed by atoms with Crippen LogP contribution in [-0.2, 0) is 20.0 Å². The molecule has 0 N–H and O–H groups in total. The van der Waals surface area contributed by atoms with Crippen molar-refractivity contribution in [1.82, 2.24) is 18.6 Å². The van der Waals surface area contributed by atoms with E-state index < -0.39 is 20.0 Å². The molecule has 0 spiro atoms. The number of nitrogens with zero attached hydrogens (tertiary/aromatic N) is 4. The van der Waals surface area contributed by atoms with Crippen LogP contribution in [0.1, 0.15) is 0 Å². The second kappa shape index (κ2) is 8.23. The largest absolute Gasteiger partial charge is 0.252 e. The van der Waals surface area contributed by atoms with Gasteiger partial charge in [-0.2, -0.15) is 0 Å². The van der Waals surface area contributed by atoms with Crippen molar-refractivity contribution >= 4 is 20.0 Å². The monoisotopic (exact) mass is 446 g/mol. The van der Waals surface area contributed by atoms with Crippen molar-refractivity contribution < 1.29 is 16.8 Å². The Bertz CT molecular complexity index is 1150. The third-order valence-electron chi connectivity index (χ3n) is 4.51. The van der Waals surface area contributed by atoms with Crippen LogP contribution in [0.4, 0.5) is 0 Å². The summed E-state index contributed by atoms with van der Waals surface area (Å²) >= 11 is 0. The zero-order chi connectivity index (χ0) is 22.1. The maximum absolute atomic E-state index is 12.3. The summed E-state index contributed by atoms with van der Waals surface area (Å²) in [6.45, 7) is 0. The van der Waals surface area contributed by atoms with E-state index in [4.69, 9.17) is 0 Å². The average Bonchev–Trinajstić information content (AvgIpc) is 2.73. The maximum atomic E-state index is 12.3. The first-order chi connectivity index (χ1) is 14.0. The number of aromatic nitrogens is 2. The number of rotatable bonds is 6. The normalized spacial score (nSPS) is 12.5. The lowest BCUT2D eigenvalue weighted by atomic mass is 10.0. The predicted molar refractivity (Wildman–Crippen MR) is 115 cm³/mol. The van der Waals surface area contributed by atoms with Crippen LogP contribution >= 0.6 is 0 Å². The van der Waals surface area contributed by atoms with E-state index in [1.165, 1.54) is 52.5 Å². The molecule has 0 aliphatic carbocycles. The fraction of sp³-hybridized carbons (Fsp3) is 0.200. The molecule has 158 valence electrons. The molecule has 0 saturated heterocycles. The smallest absolute Gasteiger partial charge is 0.242 e. The highest BCUT2D eigenvalue weighted by Gasteiger charge is 2.19. The van der Waals surface area contributed by atoms with Crippen LogP contribution in [0.2, 0.25) is 0 Å². The van der Waals surface area contributed by atoms with Gasteiger partial charge in [-0.3, -0.25) is 9.97 Å². The quantitative estimate of drug-likeness (QED) is 0.576. The average molecular weight is 447 g/mol. The predicted octanol–water partition coefficient (Wildman–Crippen LogP) is 2.31. The molecule has 1 aromatic heterocycles. The first-order valence-electron chi connectivity index (χ1n) is 8.92. The van der Waals surface area contributed by atoms with Crippen molar-refractivity contribution in [2.75, 3.05) is 28.2 Å². The lowest BCUT2D eigenvalue weighted by Gasteiger charge is -2.13. The molecular formula is C20H22N4O4S2. The van der Waals surface area contributed by atoms with E-state index in [1.807, 2.05) is 0 Å². The molecule has 10 heteroatoms. The molecule has 30 heavy (non-hydrogen) atoms. The lowest BCUT2D eigenvalue weighted by Crippen LogP contribution is -2.22. The summed E-state index contributed by atoms with van der Waals surface area (Å²) in [5.41, 5.74) is 2.52. The van der Waals surface area contributed by atoms with Crippen LogP contribution < -0.4 is 0 Å². The van der Waals surface area contributed by atoms with Crippen LogP contribution in [0.3, 0.4) is 0 Å². The lowest BCUT2D eigenvalue weighted by molar-refractivity contribution is 0.519. The van der Waals surface area contributed by atoms with Crippen molar-refractivity contribution in [3.63, 3.8) is 0 Å². The van der Waals surface area contributed by atoms with Gasteiger partial charge in [0.25, 0.3) is 0 Å². The summed E-state index contributed by atoms with van der Waals surface area (Å²) in [6.07, 6.45) is 3.10. The Morgan fingerprint density at radius 2 is 0.867 bits per heavy atom. The third-order valence-corrected chi connectivity index (χ3v) is 8.17. The van der Waals surface area contributed by atoms with Crippen LogP contribution in [0.5, 0.6) is 0 Å². The molecule has 8 nitrogen and oxygen atoms in total. The van der Waals surface area contributed by atoms with E-state index in [2.05, 4.69) is 9.97 Å². The number of hydrogen-bond donors (Lipinski definition) is 0. The molecule has 0 aliphatic rings. The molecule has 0 fully saturated rings. The van der Waals surface area contributed by atoms with E-state index in [0.717, 1.165) is 8.61 Å². The minimum atomic E-state index is -3.53. The highest BCUT2D eigenvalue weighted by atomic mass is 32.2. The summed E-state index contributed by atoms with van der Waals surface area (Å²) in [4.78, 5) is 9.17. The fourth-order valence-corrected chi connectivity index (χ4v) is 4.56. The summed E-state index contributed by atoms with van der Waals surface area (Å²) in [5.74, 6) is 0. The second-order valence-electron chi connectivity index (χ2n) is 6.88. The van der Waals surface area contributed by atoms with E-state index in [1.54, 1.807) is 36.7 Å². The second-order valence-corrected chi connectivity index (χ2v) is 11.2. The highest BCUT2D eigenvalue weighted by molar-refractivity contribution is 7.89. The summed E-state index contributed by atoms with van der Waals surface area (Å²) in [6, 6.07) is 12.8. The van der Waals surface area contributed by atoms with Gasteiger partial charge in [0.05, 0.1) is 21.2 Å². The summed E-state index contributed by atoms with van der Waals surface area (Å²) in [7, 11) is -1.15. The van der Waals surface area contributed by atoms with Crippen LogP contribution in [0.25, 0.3) is 22.5 Å². The van der Waals surface area contributed by atoms with Gasteiger partial charge >= 0.3 is 0 Å². The molecule has 2 aromatic carbocycles. The van der Waals surface area contributed by atoms with Crippen LogP contribution in [0.15, 0.2) is 70.7 Å². The zero-order valence-corrected chi connectivity index (χ0v) is 18.6. The number of benzene rings is 2. The Hall–Kier alpha value is -2.66. The summed E-state index contributed by atoms with van der Waals surface area (Å²) < 4.78 is 51.4. The minimum Gasteiger partial charge on any atom is -0.252 e. The van der Waals surface area contributed by atoms with E-state index >= 15 is 0 Å². The first kappa shape index (κ1) is 22.0. The van der Waals surface area contributed by atoms with Crippen LogP contribution in [-0.4, -0.2) is 63.6 Å². The van der Waals surface area contributed by atoms with Gasteiger partial charge in [-0.25, -0.2) is 25.4 Å². The standard InChI is InChI=1S/C20H22N4O4S2/c1-23(2)29(25,26)17-9-5-15(6-10-17)19-20(22-14-13-21-19)16-7-11-18(12-8-16)30(27,28)24(3)4/h5-14H,1-4H3. The van der Waals surface area contributed by atoms with Gasteiger partial charge in [0, 0.05) is 51.7 Å². The van der Waals surface area contributed by atoms with Gasteiger partial charge in [0.1, 0.15) is 0 Å². The molecule has 0 radical (unpaired) electrons. The molecular weight excluding hydrogens is 424 g/mol. The van der Waals surface area contributed by atoms with Gasteiger partial charge in [0.2, 0.25) is 20.0 Å². The third kappa shape index (κ3) is 4.12. The van der Waals surface area contributed by atoms with Crippen molar-refractivity contribution in [2.24, 2.45) is 0 Å². The van der Waals surface area contributed by atoms with Gasteiger partial charge in [0.15, 0.2) is 0 Å². The molecule has 1 heterocycles. The molecule has 0 unspecified atom stereocenters. The molecule has 0 saturated carbocycles. The van der Waals surface area contributed by atoms with E-state index in [0.29, 0.717) is 22.5 Å². The molecule has 0 bridgehead atoms. The van der Waals surface area contributed by atoms with Crippen molar-refractivity contribution in [1.29, 1.82) is 0 Å². The minimum absolute atomic E-state index is 0.180. The first-order valence-corrected chi connectivity index (χ1v) is 11.8. The van der Waals surface area contributed by atoms with Gasteiger partial charge in [-0.15, -0.1) is 0 Å². The molecule has 0 atom stereocenters. The topological polar surface area (TPSA) is 101 Å². The van der Waals surface area contributed by atoms with Crippen LogP contribution in [0, 0.1) is 0 Å². The number of hydrogen-bond acceptors (Lipinski definition) is 6. The Labute approximate surface area is 176 Å². The van der Waals surface area contributed by atoms with Gasteiger partial charge < -0.3 is 0 Å². The van der Waals surface area contributed by atoms with E-state index in [-0.39, 0.29) is 9.79 Å². The number of sulfonamides is 2. The van der Waals surface area contributed by atoms with Crippen molar-refractivity contribution in [2.45, 2.75) is 9.79 Å². The molecule has 3 aromatic rings. The zero-order valence-electron chi connectivity index (χ0n) is 17.0. The maximum Gasteiger partial charge on any atom is 0.242 e. The van der Waals surface area contributed by atoms with Gasteiger partial charge in [-0.05, 0) is 24.3 Å². The molecule has 0 amide bonds.